The van der Waals surface area contributed by atoms with Crippen molar-refractivity contribution in [1.29, 1.82) is 0 Å². The second kappa shape index (κ2) is 10.0. The summed E-state index contributed by atoms with van der Waals surface area (Å²) in [4.78, 5) is 23.9. The molecule has 0 aliphatic carbocycles. The molecule has 2 aromatic heterocycles. The Bertz CT molecular complexity index is 1130. The summed E-state index contributed by atoms with van der Waals surface area (Å²) in [7, 11) is 2.14. The van der Waals surface area contributed by atoms with Crippen molar-refractivity contribution in [2.24, 2.45) is 5.92 Å². The van der Waals surface area contributed by atoms with Crippen LogP contribution in [-0.4, -0.2) is 47.3 Å². The number of ketones is 1. The summed E-state index contributed by atoms with van der Waals surface area (Å²) >= 11 is 12.4. The molecule has 0 spiro atoms. The number of aromatic nitrogens is 2. The highest BCUT2D eigenvalue weighted by atomic mass is 35.5. The first kappa shape index (κ1) is 22.8. The number of nitrogens with two attached hydrogens (primary N) is 1. The molecule has 3 heterocycles. The Labute approximate surface area is 198 Å². The molecule has 1 saturated heterocycles. The summed E-state index contributed by atoms with van der Waals surface area (Å²) in [6.45, 7) is 2.93. The van der Waals surface area contributed by atoms with Gasteiger partial charge in [-0.2, -0.15) is 0 Å². The first-order chi connectivity index (χ1) is 15.4. The fourth-order valence-corrected chi connectivity index (χ4v) is 4.41. The van der Waals surface area contributed by atoms with Gasteiger partial charge in [-0.05, 0) is 68.4 Å². The number of benzene rings is 1. The van der Waals surface area contributed by atoms with E-state index in [1.807, 2.05) is 24.3 Å². The Morgan fingerprint density at radius 3 is 2.78 bits per heavy atom. The molecular weight excluding hydrogens is 445 g/mol. The van der Waals surface area contributed by atoms with E-state index < -0.39 is 0 Å². The molecule has 1 aromatic carbocycles. The summed E-state index contributed by atoms with van der Waals surface area (Å²) in [6.07, 6.45) is 4.88. The molecular formula is C24H27Cl2N5O. The van der Waals surface area contributed by atoms with Crippen molar-refractivity contribution in [2.75, 3.05) is 37.7 Å². The van der Waals surface area contributed by atoms with Crippen LogP contribution in [0.15, 0.2) is 36.5 Å². The third kappa shape index (κ3) is 5.31. The highest BCUT2D eigenvalue weighted by Gasteiger charge is 2.20. The summed E-state index contributed by atoms with van der Waals surface area (Å²) in [5.74, 6) is 1.55. The number of pyridine rings is 2. The van der Waals surface area contributed by atoms with Crippen molar-refractivity contribution >= 4 is 51.4 Å². The maximum Gasteiger partial charge on any atom is 0.166 e. The molecule has 3 aromatic rings. The highest BCUT2D eigenvalue weighted by Crippen LogP contribution is 2.28. The Morgan fingerprint density at radius 1 is 1.22 bits per heavy atom. The second-order valence-electron chi connectivity index (χ2n) is 8.46. The largest absolute Gasteiger partial charge is 0.383 e. The molecule has 0 unspecified atom stereocenters. The van der Waals surface area contributed by atoms with E-state index in [2.05, 4.69) is 27.2 Å². The number of fused-ring (bicyclic) bond motifs is 1. The number of hydrogen-bond acceptors (Lipinski definition) is 6. The molecule has 1 aliphatic heterocycles. The maximum absolute atomic E-state index is 13.1. The standard InChI is InChI=1S/C24H27Cl2N5O/c1-31-10-7-16(8-11-31)14-29-24-19(13-20(25)22(26)30-24)21(32)5-3-15-2-4-18-17(12-15)6-9-28-23(18)27/h2,4,6,9,12-13,16H,3,5,7-8,10-11,14H2,1H3,(H2,27,28)(H,29,30). The molecule has 0 bridgehead atoms. The predicted molar refractivity (Wildman–Crippen MR) is 132 cm³/mol. The van der Waals surface area contributed by atoms with Gasteiger partial charge >= 0.3 is 0 Å². The van der Waals surface area contributed by atoms with E-state index in [1.165, 1.54) is 0 Å². The molecule has 1 fully saturated rings. The number of hydrogen-bond donors (Lipinski definition) is 2. The smallest absolute Gasteiger partial charge is 0.166 e. The van der Waals surface area contributed by atoms with Gasteiger partial charge in [0.05, 0.1) is 10.6 Å². The quantitative estimate of drug-likeness (QED) is 0.368. The third-order valence-corrected chi connectivity index (χ3v) is 6.80. The molecule has 0 radical (unpaired) electrons. The predicted octanol–water partition coefficient (Wildman–Crippen LogP) is 5.09. The number of halogens is 2. The average Bonchev–Trinajstić information content (AvgIpc) is 2.79. The van der Waals surface area contributed by atoms with Gasteiger partial charge < -0.3 is 16.0 Å². The van der Waals surface area contributed by atoms with E-state index in [0.717, 1.165) is 48.8 Å². The van der Waals surface area contributed by atoms with Crippen molar-refractivity contribution in [3.05, 3.63) is 57.8 Å². The van der Waals surface area contributed by atoms with Gasteiger partial charge in [-0.3, -0.25) is 4.79 Å². The SMILES string of the molecule is CN1CCC(CNc2nc(Cl)c(Cl)cc2C(=O)CCc2ccc3c(N)nccc3c2)CC1. The number of anilines is 2. The Morgan fingerprint density at radius 2 is 2.00 bits per heavy atom. The molecule has 4 rings (SSSR count). The number of likely N-dealkylation sites (tertiary alicyclic amines) is 1. The summed E-state index contributed by atoms with van der Waals surface area (Å²) in [6, 6.07) is 9.54. The number of nitrogen functional groups attached to an aromatic ring is 1. The van der Waals surface area contributed by atoms with Crippen LogP contribution in [0.5, 0.6) is 0 Å². The van der Waals surface area contributed by atoms with Gasteiger partial charge in [0.2, 0.25) is 0 Å². The van der Waals surface area contributed by atoms with Crippen molar-refractivity contribution in [1.82, 2.24) is 14.9 Å². The normalized spacial score (nSPS) is 15.2. The zero-order valence-electron chi connectivity index (χ0n) is 18.1. The molecule has 1 aliphatic rings. The molecule has 168 valence electrons. The number of piperidine rings is 1. The molecule has 32 heavy (non-hydrogen) atoms. The van der Waals surface area contributed by atoms with Crippen LogP contribution in [0, 0.1) is 5.92 Å². The van der Waals surface area contributed by atoms with E-state index in [4.69, 9.17) is 28.9 Å². The van der Waals surface area contributed by atoms with Crippen molar-refractivity contribution < 1.29 is 4.79 Å². The van der Waals surface area contributed by atoms with Crippen LogP contribution >= 0.6 is 23.2 Å². The fourth-order valence-electron chi connectivity index (χ4n) is 4.12. The Kier molecular flexibility index (Phi) is 7.13. The number of carbonyl (C=O) groups excluding carboxylic acids is 1. The monoisotopic (exact) mass is 471 g/mol. The van der Waals surface area contributed by atoms with Crippen LogP contribution in [0.1, 0.15) is 35.2 Å². The number of nitrogens with zero attached hydrogens (tertiary/aromatic N) is 3. The van der Waals surface area contributed by atoms with Gasteiger partial charge in [0.25, 0.3) is 0 Å². The Hall–Kier alpha value is -2.41. The van der Waals surface area contributed by atoms with Gasteiger partial charge in [0.1, 0.15) is 16.8 Å². The molecule has 8 heteroatoms. The lowest BCUT2D eigenvalue weighted by Gasteiger charge is -2.29. The van der Waals surface area contributed by atoms with Gasteiger partial charge in [0, 0.05) is 24.5 Å². The minimum absolute atomic E-state index is 0.0173. The lowest BCUT2D eigenvalue weighted by molar-refractivity contribution is 0.0983. The van der Waals surface area contributed by atoms with E-state index in [1.54, 1.807) is 12.3 Å². The van der Waals surface area contributed by atoms with Crippen LogP contribution < -0.4 is 11.1 Å². The lowest BCUT2D eigenvalue weighted by Crippen LogP contribution is -2.33. The van der Waals surface area contributed by atoms with Crippen molar-refractivity contribution in [3.63, 3.8) is 0 Å². The van der Waals surface area contributed by atoms with Crippen molar-refractivity contribution in [2.45, 2.75) is 25.7 Å². The number of rotatable bonds is 7. The van der Waals surface area contributed by atoms with Gasteiger partial charge in [-0.1, -0.05) is 41.4 Å². The topological polar surface area (TPSA) is 84.1 Å². The molecule has 6 nitrogen and oxygen atoms in total. The van der Waals surface area contributed by atoms with E-state index in [0.29, 0.717) is 36.0 Å². The number of aryl methyl sites for hydroxylation is 1. The third-order valence-electron chi connectivity index (χ3n) is 6.13. The number of Topliss-reactive ketones (excluding diaryl/α,β-unsaturated/α-hetero) is 1. The minimum Gasteiger partial charge on any atom is -0.383 e. The van der Waals surface area contributed by atoms with E-state index in [9.17, 15) is 4.79 Å². The first-order valence-corrected chi connectivity index (χ1v) is 11.6. The molecule has 3 N–H and O–H groups in total. The van der Waals surface area contributed by atoms with Crippen LogP contribution in [0.4, 0.5) is 11.6 Å². The molecule has 0 amide bonds. The van der Waals surface area contributed by atoms with Crippen LogP contribution in [-0.2, 0) is 6.42 Å². The van der Waals surface area contributed by atoms with E-state index in [-0.39, 0.29) is 16.0 Å². The number of carbonyl (C=O) groups is 1. The highest BCUT2D eigenvalue weighted by molar-refractivity contribution is 6.41. The van der Waals surface area contributed by atoms with Gasteiger partial charge in [-0.25, -0.2) is 9.97 Å². The van der Waals surface area contributed by atoms with Gasteiger partial charge in [-0.15, -0.1) is 0 Å². The summed E-state index contributed by atoms with van der Waals surface area (Å²) in [5, 5.41) is 5.78. The first-order valence-electron chi connectivity index (χ1n) is 10.9. The summed E-state index contributed by atoms with van der Waals surface area (Å²) < 4.78 is 0. The molecule has 0 saturated carbocycles. The van der Waals surface area contributed by atoms with Gasteiger partial charge in [0.15, 0.2) is 5.78 Å². The molecule has 0 atom stereocenters. The van der Waals surface area contributed by atoms with Crippen molar-refractivity contribution in [3.8, 4) is 0 Å². The lowest BCUT2D eigenvalue weighted by atomic mass is 9.97. The fraction of sp³-hybridized carbons (Fsp3) is 0.375. The van der Waals surface area contributed by atoms with E-state index >= 15 is 0 Å². The van der Waals surface area contributed by atoms with Crippen LogP contribution in [0.2, 0.25) is 10.2 Å². The maximum atomic E-state index is 13.1. The Balaban J connectivity index is 1.46. The zero-order chi connectivity index (χ0) is 22.7. The minimum atomic E-state index is -0.0173. The summed E-state index contributed by atoms with van der Waals surface area (Å²) in [5.41, 5.74) is 7.48. The van der Waals surface area contributed by atoms with Crippen LogP contribution in [0.3, 0.4) is 0 Å². The average molecular weight is 472 g/mol. The van der Waals surface area contributed by atoms with Crippen LogP contribution in [0.25, 0.3) is 10.8 Å². The second-order valence-corrected chi connectivity index (χ2v) is 9.22. The number of nitrogens with one attached hydrogen (secondary N) is 1. The zero-order valence-corrected chi connectivity index (χ0v) is 19.6.